The fourth-order valence-corrected chi connectivity index (χ4v) is 2.39. The van der Waals surface area contributed by atoms with Crippen molar-refractivity contribution in [2.75, 3.05) is 26.2 Å². The summed E-state index contributed by atoms with van der Waals surface area (Å²) in [6.07, 6.45) is 7.83. The van der Waals surface area contributed by atoms with Gasteiger partial charge < -0.3 is 4.74 Å². The first-order chi connectivity index (χ1) is 9.40. The predicted octanol–water partition coefficient (Wildman–Crippen LogP) is 0.481. The first-order valence-electron chi connectivity index (χ1n) is 6.69. The van der Waals surface area contributed by atoms with Crippen molar-refractivity contribution < 1.29 is 4.74 Å². The van der Waals surface area contributed by atoms with E-state index >= 15 is 0 Å². The molecule has 1 aliphatic rings. The van der Waals surface area contributed by atoms with Crippen molar-refractivity contribution in [2.24, 2.45) is 0 Å². The first kappa shape index (κ1) is 12.4. The third-order valence-electron chi connectivity index (χ3n) is 3.38. The molecule has 0 saturated carbocycles. The zero-order valence-corrected chi connectivity index (χ0v) is 10.9. The molecule has 0 spiro atoms. The second kappa shape index (κ2) is 5.99. The molecule has 102 valence electrons. The highest BCUT2D eigenvalue weighted by Gasteiger charge is 2.20. The number of rotatable bonds is 5. The van der Waals surface area contributed by atoms with Crippen LogP contribution in [-0.4, -0.2) is 56.8 Å². The summed E-state index contributed by atoms with van der Waals surface area (Å²) in [6, 6.07) is 3.90. The second-order valence-electron chi connectivity index (χ2n) is 4.79. The van der Waals surface area contributed by atoms with Gasteiger partial charge in [0.1, 0.15) is 0 Å². The van der Waals surface area contributed by atoms with E-state index in [0.717, 1.165) is 39.3 Å². The van der Waals surface area contributed by atoms with E-state index in [2.05, 4.69) is 15.1 Å². The molecule has 0 aliphatic carbocycles. The van der Waals surface area contributed by atoms with Gasteiger partial charge in [0.15, 0.2) is 0 Å². The average molecular weight is 261 g/mol. The number of nitrogens with zero attached hydrogens (tertiary/aromatic N) is 5. The summed E-state index contributed by atoms with van der Waals surface area (Å²) in [4.78, 5) is 2.43. The van der Waals surface area contributed by atoms with Gasteiger partial charge in [-0.15, -0.1) is 0 Å². The van der Waals surface area contributed by atoms with E-state index in [-0.39, 0.29) is 6.10 Å². The van der Waals surface area contributed by atoms with E-state index in [1.807, 2.05) is 40.1 Å². The number of ether oxygens (including phenoxy) is 1. The lowest BCUT2D eigenvalue weighted by molar-refractivity contribution is -0.0384. The van der Waals surface area contributed by atoms with Crippen LogP contribution in [0.25, 0.3) is 0 Å². The Kier molecular flexibility index (Phi) is 3.90. The molecule has 1 atom stereocenters. The van der Waals surface area contributed by atoms with Crippen LogP contribution in [0.15, 0.2) is 36.9 Å². The lowest BCUT2D eigenvalue weighted by atomic mass is 10.2. The van der Waals surface area contributed by atoms with Crippen LogP contribution in [0.3, 0.4) is 0 Å². The highest BCUT2D eigenvalue weighted by Crippen LogP contribution is 2.07. The molecule has 6 heteroatoms. The minimum atomic E-state index is 0.228. The maximum atomic E-state index is 5.79. The van der Waals surface area contributed by atoms with Crippen LogP contribution in [0.4, 0.5) is 0 Å². The van der Waals surface area contributed by atoms with E-state index in [4.69, 9.17) is 4.74 Å². The summed E-state index contributed by atoms with van der Waals surface area (Å²) < 4.78 is 9.70. The lowest BCUT2D eigenvalue weighted by Gasteiger charge is -2.32. The van der Waals surface area contributed by atoms with E-state index < -0.39 is 0 Å². The molecule has 19 heavy (non-hydrogen) atoms. The molecule has 0 unspecified atom stereocenters. The van der Waals surface area contributed by atoms with Crippen LogP contribution >= 0.6 is 0 Å². The van der Waals surface area contributed by atoms with Crippen molar-refractivity contribution in [3.05, 3.63) is 36.9 Å². The van der Waals surface area contributed by atoms with Crippen molar-refractivity contribution in [2.45, 2.75) is 19.2 Å². The Labute approximate surface area is 112 Å². The average Bonchev–Trinajstić information content (AvgIpc) is 3.10. The molecule has 0 N–H and O–H groups in total. The van der Waals surface area contributed by atoms with Crippen LogP contribution < -0.4 is 0 Å². The van der Waals surface area contributed by atoms with Crippen molar-refractivity contribution >= 4 is 0 Å². The fraction of sp³-hybridized carbons (Fsp3) is 0.538. The zero-order chi connectivity index (χ0) is 12.9. The van der Waals surface area contributed by atoms with Gasteiger partial charge in [0.05, 0.1) is 25.8 Å². The summed E-state index contributed by atoms with van der Waals surface area (Å²) in [5.74, 6) is 0. The van der Waals surface area contributed by atoms with E-state index in [9.17, 15) is 0 Å². The summed E-state index contributed by atoms with van der Waals surface area (Å²) >= 11 is 0. The maximum Gasteiger partial charge on any atom is 0.0898 e. The molecule has 0 amide bonds. The number of aromatic nitrogens is 4. The van der Waals surface area contributed by atoms with Crippen LogP contribution in [0.1, 0.15) is 0 Å². The van der Waals surface area contributed by atoms with Gasteiger partial charge in [-0.05, 0) is 12.1 Å². The molecular weight excluding hydrogens is 242 g/mol. The molecule has 2 aromatic rings. The molecule has 3 heterocycles. The fourth-order valence-electron chi connectivity index (χ4n) is 2.39. The Morgan fingerprint density at radius 3 is 2.58 bits per heavy atom. The normalized spacial score (nSPS) is 20.7. The number of morpholine rings is 1. The molecule has 2 aromatic heterocycles. The van der Waals surface area contributed by atoms with Crippen LogP contribution in [0.5, 0.6) is 0 Å². The van der Waals surface area contributed by atoms with Crippen LogP contribution in [0, 0.1) is 0 Å². The quantitative estimate of drug-likeness (QED) is 0.785. The molecule has 1 aliphatic heterocycles. The Hall–Kier alpha value is -1.66. The van der Waals surface area contributed by atoms with Crippen molar-refractivity contribution in [1.29, 1.82) is 0 Å². The summed E-state index contributed by atoms with van der Waals surface area (Å²) in [5.41, 5.74) is 0. The Morgan fingerprint density at radius 2 is 1.84 bits per heavy atom. The molecule has 0 aromatic carbocycles. The maximum absolute atomic E-state index is 5.79. The molecule has 1 saturated heterocycles. The summed E-state index contributed by atoms with van der Waals surface area (Å²) in [6.45, 7) is 5.52. The monoisotopic (exact) mass is 261 g/mol. The van der Waals surface area contributed by atoms with E-state index in [1.54, 1.807) is 6.20 Å². The molecule has 0 radical (unpaired) electrons. The Balaban J connectivity index is 1.47. The van der Waals surface area contributed by atoms with Crippen LogP contribution in [0.2, 0.25) is 0 Å². The third kappa shape index (κ3) is 3.42. The van der Waals surface area contributed by atoms with Gasteiger partial charge in [0.25, 0.3) is 0 Å². The zero-order valence-electron chi connectivity index (χ0n) is 10.9. The molecule has 6 nitrogen and oxygen atoms in total. The SMILES string of the molecule is c1cnn(CCN2CCO[C@H](Cn3cccn3)C2)c1. The molecule has 1 fully saturated rings. The largest absolute Gasteiger partial charge is 0.374 e. The van der Waals surface area contributed by atoms with Crippen molar-refractivity contribution in [3.63, 3.8) is 0 Å². The topological polar surface area (TPSA) is 48.1 Å². The third-order valence-corrected chi connectivity index (χ3v) is 3.38. The van der Waals surface area contributed by atoms with Crippen molar-refractivity contribution in [3.8, 4) is 0 Å². The summed E-state index contributed by atoms with van der Waals surface area (Å²) in [5, 5.41) is 8.45. The van der Waals surface area contributed by atoms with Gasteiger partial charge in [-0.1, -0.05) is 0 Å². The standard InChI is InChI=1S/C13H19N5O/c1-3-14-17(5-1)8-7-16-9-10-19-13(11-16)12-18-6-2-4-15-18/h1-6,13H,7-12H2/t13-/m0/s1. The van der Waals surface area contributed by atoms with Gasteiger partial charge in [0.2, 0.25) is 0 Å². The Bertz CT molecular complexity index is 467. The molecule has 3 rings (SSSR count). The second-order valence-corrected chi connectivity index (χ2v) is 4.79. The van der Waals surface area contributed by atoms with Gasteiger partial charge in [-0.2, -0.15) is 10.2 Å². The lowest BCUT2D eigenvalue weighted by Crippen LogP contribution is -2.45. The first-order valence-corrected chi connectivity index (χ1v) is 6.69. The molecular formula is C13H19N5O. The van der Waals surface area contributed by atoms with Gasteiger partial charge >= 0.3 is 0 Å². The van der Waals surface area contributed by atoms with Gasteiger partial charge in [-0.3, -0.25) is 14.3 Å². The minimum Gasteiger partial charge on any atom is -0.374 e. The Morgan fingerprint density at radius 1 is 1.05 bits per heavy atom. The van der Waals surface area contributed by atoms with Gasteiger partial charge in [-0.25, -0.2) is 0 Å². The molecule has 0 bridgehead atoms. The predicted molar refractivity (Wildman–Crippen MR) is 70.6 cm³/mol. The van der Waals surface area contributed by atoms with E-state index in [1.165, 1.54) is 0 Å². The van der Waals surface area contributed by atoms with E-state index in [0.29, 0.717) is 0 Å². The number of hydrogen-bond donors (Lipinski definition) is 0. The summed E-state index contributed by atoms with van der Waals surface area (Å²) in [7, 11) is 0. The smallest absolute Gasteiger partial charge is 0.0898 e. The van der Waals surface area contributed by atoms with Gasteiger partial charge in [0, 0.05) is 44.4 Å². The highest BCUT2D eigenvalue weighted by molar-refractivity contribution is 4.81. The van der Waals surface area contributed by atoms with Crippen molar-refractivity contribution in [1.82, 2.24) is 24.5 Å². The minimum absolute atomic E-state index is 0.228. The van der Waals surface area contributed by atoms with Crippen LogP contribution in [-0.2, 0) is 17.8 Å². The number of hydrogen-bond acceptors (Lipinski definition) is 4. The highest BCUT2D eigenvalue weighted by atomic mass is 16.5.